The molecule has 0 aliphatic carbocycles. The number of likely N-dealkylation sites (tertiary alicyclic amines) is 1. The first kappa shape index (κ1) is 10.9. The average Bonchev–Trinajstić information content (AvgIpc) is 2.29. The van der Waals surface area contributed by atoms with Crippen molar-refractivity contribution in [3.05, 3.63) is 0 Å². The fraction of sp³-hybridized carbons (Fsp3) is 0.909. The van der Waals surface area contributed by atoms with E-state index in [1.165, 1.54) is 0 Å². The van der Waals surface area contributed by atoms with Crippen molar-refractivity contribution in [3.63, 3.8) is 0 Å². The van der Waals surface area contributed by atoms with E-state index >= 15 is 0 Å². The summed E-state index contributed by atoms with van der Waals surface area (Å²) in [6, 6.07) is -0.0518. The van der Waals surface area contributed by atoms with Gasteiger partial charge in [-0.1, -0.05) is 6.42 Å². The molecule has 0 aromatic rings. The Bertz CT molecular complexity index is 229. The Morgan fingerprint density at radius 2 is 2.13 bits per heavy atom. The molecule has 3 nitrogen and oxygen atoms in total. The third-order valence-corrected chi connectivity index (χ3v) is 3.28. The van der Waals surface area contributed by atoms with Gasteiger partial charge in [0.2, 0.25) is 5.91 Å². The first-order valence-corrected chi connectivity index (χ1v) is 5.93. The summed E-state index contributed by atoms with van der Waals surface area (Å²) in [5, 5.41) is 3.22. The second-order valence-corrected chi connectivity index (χ2v) is 4.53. The number of hydrogen-bond donors (Lipinski definition) is 1. The fourth-order valence-corrected chi connectivity index (χ4v) is 2.41. The van der Waals surface area contributed by atoms with Crippen LogP contribution in [0.3, 0.4) is 0 Å². The molecule has 2 atom stereocenters. The molecule has 1 amide bonds. The summed E-state index contributed by atoms with van der Waals surface area (Å²) in [7, 11) is 0. The number of nitrogens with one attached hydrogen (secondary N) is 1. The Hall–Kier alpha value is -0.640. The lowest BCUT2D eigenvalue weighted by Gasteiger charge is -2.33. The highest BCUT2D eigenvalue weighted by Gasteiger charge is 2.29. The maximum absolute atomic E-state index is 13.1. The monoisotopic (exact) mass is 214 g/mol. The molecular weight excluding hydrogens is 195 g/mol. The molecule has 2 aliphatic heterocycles. The summed E-state index contributed by atoms with van der Waals surface area (Å²) in [4.78, 5) is 13.7. The van der Waals surface area contributed by atoms with Gasteiger partial charge in [-0.15, -0.1) is 0 Å². The van der Waals surface area contributed by atoms with Crippen molar-refractivity contribution >= 4 is 5.91 Å². The third-order valence-electron chi connectivity index (χ3n) is 3.28. The molecule has 15 heavy (non-hydrogen) atoms. The molecule has 0 bridgehead atoms. The lowest BCUT2D eigenvalue weighted by atomic mass is 10.0. The largest absolute Gasteiger partial charge is 0.338 e. The molecule has 86 valence electrons. The van der Waals surface area contributed by atoms with Crippen molar-refractivity contribution in [2.24, 2.45) is 0 Å². The minimum atomic E-state index is -0.814. The van der Waals surface area contributed by atoms with E-state index < -0.39 is 6.17 Å². The lowest BCUT2D eigenvalue weighted by molar-refractivity contribution is -0.136. The van der Waals surface area contributed by atoms with Gasteiger partial charge in [-0.25, -0.2) is 4.39 Å². The Morgan fingerprint density at radius 3 is 2.80 bits per heavy atom. The summed E-state index contributed by atoms with van der Waals surface area (Å²) < 4.78 is 13.1. The number of carbonyl (C=O) groups is 1. The van der Waals surface area contributed by atoms with E-state index in [1.807, 2.05) is 0 Å². The van der Waals surface area contributed by atoms with Crippen molar-refractivity contribution in [1.82, 2.24) is 10.2 Å². The Labute approximate surface area is 90.0 Å². The molecular formula is C11H19FN2O. The van der Waals surface area contributed by atoms with Gasteiger partial charge in [-0.05, 0) is 32.2 Å². The van der Waals surface area contributed by atoms with Gasteiger partial charge in [0.05, 0.1) is 12.6 Å². The molecule has 2 saturated heterocycles. The van der Waals surface area contributed by atoms with Crippen molar-refractivity contribution < 1.29 is 9.18 Å². The minimum absolute atomic E-state index is 0.0518. The van der Waals surface area contributed by atoms with Crippen LogP contribution in [0.4, 0.5) is 4.39 Å². The second kappa shape index (κ2) is 4.92. The van der Waals surface area contributed by atoms with Gasteiger partial charge in [0.15, 0.2) is 0 Å². The zero-order valence-corrected chi connectivity index (χ0v) is 9.04. The molecule has 0 saturated carbocycles. The molecule has 0 aromatic heterocycles. The topological polar surface area (TPSA) is 32.3 Å². The SMILES string of the molecule is O=C([C@@H]1CCCCN1)N1CCC[C@H](F)C1. The maximum Gasteiger partial charge on any atom is 0.239 e. The molecule has 2 rings (SSSR count). The number of piperidine rings is 2. The van der Waals surface area contributed by atoms with Gasteiger partial charge >= 0.3 is 0 Å². The Morgan fingerprint density at radius 1 is 1.27 bits per heavy atom. The first-order chi connectivity index (χ1) is 7.27. The first-order valence-electron chi connectivity index (χ1n) is 5.93. The Balaban J connectivity index is 1.88. The van der Waals surface area contributed by atoms with Crippen molar-refractivity contribution in [1.29, 1.82) is 0 Å². The highest BCUT2D eigenvalue weighted by molar-refractivity contribution is 5.82. The number of hydrogen-bond acceptors (Lipinski definition) is 2. The van der Waals surface area contributed by atoms with Gasteiger partial charge in [0.25, 0.3) is 0 Å². The standard InChI is InChI=1S/C11H19FN2O/c12-9-4-3-7-14(8-9)11(15)10-5-1-2-6-13-10/h9-10,13H,1-8H2/t9-,10-/m0/s1. The predicted octanol–water partition coefficient (Wildman–Crippen LogP) is 1.09. The minimum Gasteiger partial charge on any atom is -0.338 e. The highest BCUT2D eigenvalue weighted by atomic mass is 19.1. The number of amides is 1. The van der Waals surface area contributed by atoms with Crippen molar-refractivity contribution in [2.45, 2.75) is 44.3 Å². The lowest BCUT2D eigenvalue weighted by Crippen LogP contribution is -2.51. The van der Waals surface area contributed by atoms with Crippen LogP contribution in [0.15, 0.2) is 0 Å². The normalized spacial score (nSPS) is 32.7. The summed E-state index contributed by atoms with van der Waals surface area (Å²) in [5.41, 5.74) is 0. The van der Waals surface area contributed by atoms with Crippen LogP contribution >= 0.6 is 0 Å². The maximum atomic E-state index is 13.1. The van der Waals surface area contributed by atoms with E-state index in [4.69, 9.17) is 0 Å². The van der Waals surface area contributed by atoms with Gasteiger partial charge in [0, 0.05) is 6.54 Å². The zero-order valence-electron chi connectivity index (χ0n) is 9.04. The van der Waals surface area contributed by atoms with Gasteiger partial charge in [-0.2, -0.15) is 0 Å². The molecule has 2 heterocycles. The van der Waals surface area contributed by atoms with E-state index in [0.29, 0.717) is 13.0 Å². The molecule has 1 N–H and O–H groups in total. The van der Waals surface area contributed by atoms with Crippen LogP contribution in [-0.4, -0.2) is 42.7 Å². The number of halogens is 1. The van der Waals surface area contributed by atoms with Crippen LogP contribution < -0.4 is 5.32 Å². The molecule has 0 aromatic carbocycles. The van der Waals surface area contributed by atoms with Crippen molar-refractivity contribution in [3.8, 4) is 0 Å². The van der Waals surface area contributed by atoms with Crippen LogP contribution in [0.2, 0.25) is 0 Å². The zero-order chi connectivity index (χ0) is 10.7. The van der Waals surface area contributed by atoms with E-state index in [1.54, 1.807) is 4.90 Å². The molecule has 0 unspecified atom stereocenters. The number of alkyl halides is 1. The smallest absolute Gasteiger partial charge is 0.239 e. The number of nitrogens with zero attached hydrogens (tertiary/aromatic N) is 1. The van der Waals surface area contributed by atoms with E-state index in [0.717, 1.165) is 38.8 Å². The van der Waals surface area contributed by atoms with Crippen molar-refractivity contribution in [2.75, 3.05) is 19.6 Å². The molecule has 0 radical (unpaired) electrons. The predicted molar refractivity (Wildman–Crippen MR) is 56.4 cm³/mol. The van der Waals surface area contributed by atoms with Gasteiger partial charge in [0.1, 0.15) is 6.17 Å². The molecule has 4 heteroatoms. The number of rotatable bonds is 1. The molecule has 0 spiro atoms. The van der Waals surface area contributed by atoms with Gasteiger partial charge in [-0.3, -0.25) is 4.79 Å². The third kappa shape index (κ3) is 2.68. The molecule has 2 fully saturated rings. The van der Waals surface area contributed by atoms with Crippen LogP contribution in [0.25, 0.3) is 0 Å². The number of carbonyl (C=O) groups excluding carboxylic acids is 1. The molecule has 2 aliphatic rings. The van der Waals surface area contributed by atoms with E-state index in [9.17, 15) is 9.18 Å². The van der Waals surface area contributed by atoms with Crippen LogP contribution in [-0.2, 0) is 4.79 Å². The van der Waals surface area contributed by atoms with Crippen LogP contribution in [0.5, 0.6) is 0 Å². The van der Waals surface area contributed by atoms with Crippen LogP contribution in [0.1, 0.15) is 32.1 Å². The van der Waals surface area contributed by atoms with E-state index in [2.05, 4.69) is 5.32 Å². The average molecular weight is 214 g/mol. The highest BCUT2D eigenvalue weighted by Crippen LogP contribution is 2.16. The fourth-order valence-electron chi connectivity index (χ4n) is 2.41. The van der Waals surface area contributed by atoms with Gasteiger partial charge < -0.3 is 10.2 Å². The summed E-state index contributed by atoms with van der Waals surface area (Å²) in [5.74, 6) is 0.108. The summed E-state index contributed by atoms with van der Waals surface area (Å²) in [6.07, 6.45) is 3.77. The summed E-state index contributed by atoms with van der Waals surface area (Å²) in [6.45, 7) is 1.96. The second-order valence-electron chi connectivity index (χ2n) is 4.53. The van der Waals surface area contributed by atoms with E-state index in [-0.39, 0.29) is 11.9 Å². The summed E-state index contributed by atoms with van der Waals surface area (Å²) >= 11 is 0. The Kier molecular flexibility index (Phi) is 3.57. The van der Waals surface area contributed by atoms with Crippen LogP contribution in [0, 0.1) is 0 Å². The quantitative estimate of drug-likeness (QED) is 0.708.